The van der Waals surface area contributed by atoms with Crippen molar-refractivity contribution in [2.45, 2.75) is 167 Å². The molecule has 3 atom stereocenters. The smallest absolute Gasteiger partial charge is 0.387 e. The third-order valence-electron chi connectivity index (χ3n) is 8.10. The second kappa shape index (κ2) is 36.0. The Morgan fingerprint density at radius 2 is 1.18 bits per heavy atom. The lowest BCUT2D eigenvalue weighted by molar-refractivity contribution is -0.123. The van der Waals surface area contributed by atoms with Gasteiger partial charge in [0, 0.05) is 13.0 Å². The number of nitrogens with one attached hydrogen (secondary N) is 1. The molecule has 1 amide bonds. The molecular formula is C40H73N2O6P. The monoisotopic (exact) mass is 709 g/mol. The van der Waals surface area contributed by atoms with Crippen molar-refractivity contribution in [1.82, 2.24) is 5.32 Å². The fourth-order valence-corrected chi connectivity index (χ4v) is 5.94. The van der Waals surface area contributed by atoms with Gasteiger partial charge in [-0.1, -0.05) is 152 Å². The standard InChI is InChI=1S/C40H73N2O6P/c1-3-5-7-9-11-12-13-14-15-16-17-18-19-20-21-22-23-24-25-26-28-30-32-34-40(44)42-38(37-48-49(45,46)47-36-35-41)39(43)33-31-29-27-10-8-6-4-2/h5,7,11-12,14-15,17-18,31,33,38-39,43H,3-4,6,8-10,13,16,19-30,32,34-37,41H2,1-2H3,(H,42,44)(H,45,46)/b7-5-,12-11-,15-14-,18-17-,33-31+. The van der Waals surface area contributed by atoms with Gasteiger partial charge in [0.25, 0.3) is 0 Å². The minimum Gasteiger partial charge on any atom is -0.387 e. The van der Waals surface area contributed by atoms with Gasteiger partial charge in [0.1, 0.15) is 0 Å². The molecule has 0 aromatic rings. The lowest BCUT2D eigenvalue weighted by Crippen LogP contribution is -2.45. The van der Waals surface area contributed by atoms with Gasteiger partial charge >= 0.3 is 7.82 Å². The average molecular weight is 709 g/mol. The zero-order valence-corrected chi connectivity index (χ0v) is 32.1. The summed E-state index contributed by atoms with van der Waals surface area (Å²) in [5, 5.41) is 13.5. The number of nitrogens with two attached hydrogens (primary N) is 1. The number of carbonyl (C=O) groups excluding carboxylic acids is 1. The molecular weight excluding hydrogens is 635 g/mol. The number of rotatable bonds is 35. The van der Waals surface area contributed by atoms with Crippen LogP contribution in [0.3, 0.4) is 0 Å². The fourth-order valence-electron chi connectivity index (χ4n) is 5.18. The molecule has 0 heterocycles. The summed E-state index contributed by atoms with van der Waals surface area (Å²) in [5.41, 5.74) is 5.34. The molecule has 0 saturated heterocycles. The van der Waals surface area contributed by atoms with Crippen LogP contribution in [0.5, 0.6) is 0 Å². The number of phosphoric acid groups is 1. The highest BCUT2D eigenvalue weighted by Gasteiger charge is 2.26. The van der Waals surface area contributed by atoms with Crippen molar-refractivity contribution in [3.05, 3.63) is 60.8 Å². The lowest BCUT2D eigenvalue weighted by Gasteiger charge is -2.23. The van der Waals surface area contributed by atoms with Crippen LogP contribution >= 0.6 is 7.82 Å². The van der Waals surface area contributed by atoms with Crippen LogP contribution in [-0.2, 0) is 18.4 Å². The van der Waals surface area contributed by atoms with E-state index in [4.69, 9.17) is 14.8 Å². The van der Waals surface area contributed by atoms with Gasteiger partial charge in [-0.3, -0.25) is 13.8 Å². The van der Waals surface area contributed by atoms with E-state index in [1.165, 1.54) is 70.6 Å². The molecule has 284 valence electrons. The minimum atomic E-state index is -4.33. The van der Waals surface area contributed by atoms with E-state index in [-0.39, 0.29) is 25.7 Å². The molecule has 0 aliphatic heterocycles. The van der Waals surface area contributed by atoms with Crippen molar-refractivity contribution >= 4 is 13.7 Å². The molecule has 5 N–H and O–H groups in total. The number of aliphatic hydroxyl groups excluding tert-OH is 1. The molecule has 0 fully saturated rings. The lowest BCUT2D eigenvalue weighted by atomic mass is 10.0. The van der Waals surface area contributed by atoms with Crippen LogP contribution in [0.25, 0.3) is 0 Å². The van der Waals surface area contributed by atoms with Crippen molar-refractivity contribution in [1.29, 1.82) is 0 Å². The van der Waals surface area contributed by atoms with Crippen molar-refractivity contribution < 1.29 is 28.4 Å². The van der Waals surface area contributed by atoms with Gasteiger partial charge in [-0.15, -0.1) is 0 Å². The van der Waals surface area contributed by atoms with Gasteiger partial charge in [0.2, 0.25) is 5.91 Å². The molecule has 0 aliphatic rings. The Bertz CT molecular complexity index is 949. The summed E-state index contributed by atoms with van der Waals surface area (Å²) in [6.07, 6.45) is 44.3. The molecule has 8 nitrogen and oxygen atoms in total. The van der Waals surface area contributed by atoms with E-state index >= 15 is 0 Å². The van der Waals surface area contributed by atoms with Gasteiger partial charge < -0.3 is 21.1 Å². The summed E-state index contributed by atoms with van der Waals surface area (Å²) < 4.78 is 21.9. The summed E-state index contributed by atoms with van der Waals surface area (Å²) in [6.45, 7) is 3.93. The number of unbranched alkanes of at least 4 members (excludes halogenated alkanes) is 15. The van der Waals surface area contributed by atoms with Crippen LogP contribution in [0.4, 0.5) is 0 Å². The summed E-state index contributed by atoms with van der Waals surface area (Å²) in [5.74, 6) is -0.207. The number of amides is 1. The summed E-state index contributed by atoms with van der Waals surface area (Å²) in [4.78, 5) is 22.5. The molecule has 0 bridgehead atoms. The zero-order chi connectivity index (χ0) is 36.1. The van der Waals surface area contributed by atoms with Crippen LogP contribution in [0.1, 0.15) is 155 Å². The van der Waals surface area contributed by atoms with Crippen molar-refractivity contribution in [3.8, 4) is 0 Å². The quantitative estimate of drug-likeness (QED) is 0.0293. The summed E-state index contributed by atoms with van der Waals surface area (Å²) in [6, 6.07) is -0.861. The van der Waals surface area contributed by atoms with Crippen molar-refractivity contribution in [2.24, 2.45) is 5.73 Å². The molecule has 0 rings (SSSR count). The van der Waals surface area contributed by atoms with Crippen molar-refractivity contribution in [2.75, 3.05) is 19.8 Å². The van der Waals surface area contributed by atoms with Crippen LogP contribution in [0, 0.1) is 0 Å². The molecule has 0 spiro atoms. The van der Waals surface area contributed by atoms with E-state index in [1.807, 2.05) is 6.08 Å². The van der Waals surface area contributed by atoms with Crippen LogP contribution in [0.15, 0.2) is 60.8 Å². The Morgan fingerprint density at radius 1 is 0.694 bits per heavy atom. The third kappa shape index (κ3) is 34.4. The summed E-state index contributed by atoms with van der Waals surface area (Å²) >= 11 is 0. The maximum absolute atomic E-state index is 12.7. The largest absolute Gasteiger partial charge is 0.472 e. The SMILES string of the molecule is CC/C=C\C/C=C\C/C=C\C/C=C\CCCCCCCCCCCCC(=O)NC(COP(=O)(O)OCCN)C(O)/C=C/CCCCCCC. The first kappa shape index (κ1) is 47.2. The predicted molar refractivity (Wildman–Crippen MR) is 207 cm³/mol. The Labute approximate surface area is 300 Å². The van der Waals surface area contributed by atoms with E-state index in [0.717, 1.165) is 64.2 Å². The van der Waals surface area contributed by atoms with Crippen molar-refractivity contribution in [3.63, 3.8) is 0 Å². The molecule has 0 radical (unpaired) electrons. The van der Waals surface area contributed by atoms with Gasteiger partial charge in [-0.2, -0.15) is 0 Å². The first-order valence-electron chi connectivity index (χ1n) is 19.4. The first-order chi connectivity index (χ1) is 23.9. The predicted octanol–water partition coefficient (Wildman–Crippen LogP) is 10.3. The van der Waals surface area contributed by atoms with Gasteiger partial charge in [0.15, 0.2) is 0 Å². The van der Waals surface area contributed by atoms with Crippen LogP contribution < -0.4 is 11.1 Å². The zero-order valence-electron chi connectivity index (χ0n) is 31.2. The topological polar surface area (TPSA) is 131 Å². The Morgan fingerprint density at radius 3 is 1.73 bits per heavy atom. The normalized spacial score (nSPS) is 15.0. The molecule has 3 unspecified atom stereocenters. The maximum atomic E-state index is 12.7. The molecule has 0 aliphatic carbocycles. The van der Waals surface area contributed by atoms with Crippen LogP contribution in [-0.4, -0.2) is 47.8 Å². The highest BCUT2D eigenvalue weighted by molar-refractivity contribution is 7.47. The summed E-state index contributed by atoms with van der Waals surface area (Å²) in [7, 11) is -4.33. The van der Waals surface area contributed by atoms with Gasteiger partial charge in [-0.25, -0.2) is 4.57 Å². The third-order valence-corrected chi connectivity index (χ3v) is 9.08. The maximum Gasteiger partial charge on any atom is 0.472 e. The molecule has 0 aromatic heterocycles. The number of aliphatic hydroxyl groups is 1. The number of hydrogen-bond donors (Lipinski definition) is 4. The second-order valence-corrected chi connectivity index (χ2v) is 14.2. The molecule has 49 heavy (non-hydrogen) atoms. The number of allylic oxidation sites excluding steroid dienone is 9. The second-order valence-electron chi connectivity index (χ2n) is 12.8. The highest BCUT2D eigenvalue weighted by Crippen LogP contribution is 2.43. The molecule has 9 heteroatoms. The number of hydrogen-bond acceptors (Lipinski definition) is 6. The molecule has 0 saturated carbocycles. The fraction of sp³-hybridized carbons (Fsp3) is 0.725. The average Bonchev–Trinajstić information content (AvgIpc) is 3.09. The first-order valence-corrected chi connectivity index (χ1v) is 20.9. The Balaban J connectivity index is 4.07. The highest BCUT2D eigenvalue weighted by atomic mass is 31.2. The Kier molecular flexibility index (Phi) is 34.7. The number of phosphoric ester groups is 1. The van der Waals surface area contributed by atoms with E-state index in [9.17, 15) is 19.4 Å². The van der Waals surface area contributed by atoms with Gasteiger partial charge in [-0.05, 0) is 57.8 Å². The number of carbonyl (C=O) groups is 1. The van der Waals surface area contributed by atoms with Crippen LogP contribution in [0.2, 0.25) is 0 Å². The van der Waals surface area contributed by atoms with E-state index < -0.39 is 20.0 Å². The van der Waals surface area contributed by atoms with E-state index in [1.54, 1.807) is 6.08 Å². The van der Waals surface area contributed by atoms with Gasteiger partial charge in [0.05, 0.1) is 25.4 Å². The molecule has 0 aromatic carbocycles. The Hall–Kier alpha value is -1.80. The van der Waals surface area contributed by atoms with E-state index in [2.05, 4.69) is 67.8 Å². The minimum absolute atomic E-state index is 0.0749. The van der Waals surface area contributed by atoms with E-state index in [0.29, 0.717) is 6.42 Å².